The molecule has 0 aliphatic heterocycles. The summed E-state index contributed by atoms with van der Waals surface area (Å²) in [5, 5.41) is 0. The fourth-order valence-corrected chi connectivity index (χ4v) is 2.74. The normalized spacial score (nSPS) is 11.2. The Balaban J connectivity index is 2.04. The number of benzene rings is 1. The molecule has 0 spiro atoms. The van der Waals surface area contributed by atoms with Gasteiger partial charge >= 0.3 is 5.97 Å². The molecular formula is C17H14N4O3. The predicted molar refractivity (Wildman–Crippen MR) is 88.6 cm³/mol. The number of para-hydroxylation sites is 2. The number of furan rings is 1. The van der Waals surface area contributed by atoms with Gasteiger partial charge in [0.2, 0.25) is 0 Å². The van der Waals surface area contributed by atoms with Crippen molar-refractivity contribution in [3.05, 3.63) is 54.0 Å². The Morgan fingerprint density at radius 1 is 1.21 bits per heavy atom. The first-order valence-corrected chi connectivity index (χ1v) is 7.34. The highest BCUT2D eigenvalue weighted by molar-refractivity contribution is 6.08. The zero-order valence-corrected chi connectivity index (χ0v) is 12.9. The molecule has 7 nitrogen and oxygen atoms in total. The van der Waals surface area contributed by atoms with Crippen molar-refractivity contribution >= 4 is 34.0 Å². The summed E-state index contributed by atoms with van der Waals surface area (Å²) >= 11 is 0. The number of aromatic nitrogens is 3. The Bertz CT molecular complexity index is 1050. The number of ether oxygens (including phenoxy) is 1. The van der Waals surface area contributed by atoms with E-state index in [0.717, 1.165) is 5.52 Å². The van der Waals surface area contributed by atoms with Crippen LogP contribution >= 0.6 is 0 Å². The van der Waals surface area contributed by atoms with Gasteiger partial charge in [0, 0.05) is 0 Å². The number of hydrogen-bond donors (Lipinski definition) is 1. The Labute approximate surface area is 136 Å². The van der Waals surface area contributed by atoms with E-state index in [1.807, 2.05) is 30.3 Å². The molecule has 0 amide bonds. The monoisotopic (exact) mass is 322 g/mol. The quantitative estimate of drug-likeness (QED) is 0.582. The number of esters is 1. The highest BCUT2D eigenvalue weighted by Gasteiger charge is 2.24. The van der Waals surface area contributed by atoms with Crippen LogP contribution in [0.2, 0.25) is 0 Å². The molecule has 0 saturated carbocycles. The van der Waals surface area contributed by atoms with Gasteiger partial charge < -0.3 is 19.5 Å². The standard InChI is InChI=1S/C17H14N4O3/c1-23-17(22)13-14-16(20-12-7-3-2-6-11(12)19-14)21(15(13)18)9-10-5-4-8-24-10/h2-8H,9,18H2,1H3. The van der Waals surface area contributed by atoms with Crippen LogP contribution in [0.1, 0.15) is 16.1 Å². The lowest BCUT2D eigenvalue weighted by atomic mass is 10.2. The highest BCUT2D eigenvalue weighted by atomic mass is 16.5. The fraction of sp³-hybridized carbons (Fsp3) is 0.118. The third kappa shape index (κ3) is 2.10. The van der Waals surface area contributed by atoms with Crippen LogP contribution in [0.3, 0.4) is 0 Å². The number of nitrogens with zero attached hydrogens (tertiary/aromatic N) is 3. The highest BCUT2D eigenvalue weighted by Crippen LogP contribution is 2.29. The van der Waals surface area contributed by atoms with Gasteiger partial charge in [-0.3, -0.25) is 0 Å². The summed E-state index contributed by atoms with van der Waals surface area (Å²) in [4.78, 5) is 21.4. The predicted octanol–water partition coefficient (Wildman–Crippen LogP) is 2.59. The number of carbonyl (C=O) groups is 1. The molecule has 4 rings (SSSR count). The first kappa shape index (κ1) is 14.3. The smallest absolute Gasteiger partial charge is 0.343 e. The molecule has 0 atom stereocenters. The average Bonchev–Trinajstić information content (AvgIpc) is 3.20. The Kier molecular flexibility index (Phi) is 3.19. The Morgan fingerprint density at radius 3 is 2.62 bits per heavy atom. The van der Waals surface area contributed by atoms with E-state index >= 15 is 0 Å². The first-order valence-electron chi connectivity index (χ1n) is 7.34. The van der Waals surface area contributed by atoms with E-state index in [4.69, 9.17) is 14.9 Å². The van der Waals surface area contributed by atoms with Crippen molar-refractivity contribution in [2.24, 2.45) is 0 Å². The minimum atomic E-state index is -0.541. The molecule has 4 aromatic rings. The van der Waals surface area contributed by atoms with Gasteiger partial charge in [0.1, 0.15) is 22.7 Å². The van der Waals surface area contributed by atoms with Gasteiger partial charge in [0.25, 0.3) is 0 Å². The van der Waals surface area contributed by atoms with Gasteiger partial charge in [-0.2, -0.15) is 0 Å². The minimum Gasteiger partial charge on any atom is -0.467 e. The maximum Gasteiger partial charge on any atom is 0.343 e. The van der Waals surface area contributed by atoms with Gasteiger partial charge in [-0.1, -0.05) is 12.1 Å². The molecular weight excluding hydrogens is 308 g/mol. The number of methoxy groups -OCH3 is 1. The molecule has 2 N–H and O–H groups in total. The molecule has 120 valence electrons. The van der Waals surface area contributed by atoms with Gasteiger partial charge in [-0.25, -0.2) is 14.8 Å². The molecule has 0 fully saturated rings. The Hall–Kier alpha value is -3.35. The molecule has 24 heavy (non-hydrogen) atoms. The van der Waals surface area contributed by atoms with Crippen LogP contribution in [0.4, 0.5) is 5.82 Å². The molecule has 3 heterocycles. The molecule has 0 aliphatic rings. The van der Waals surface area contributed by atoms with E-state index in [1.54, 1.807) is 16.9 Å². The van der Waals surface area contributed by atoms with Gasteiger partial charge in [-0.05, 0) is 24.3 Å². The van der Waals surface area contributed by atoms with Crippen molar-refractivity contribution < 1.29 is 13.9 Å². The Morgan fingerprint density at radius 2 is 1.96 bits per heavy atom. The molecule has 7 heteroatoms. The number of anilines is 1. The zero-order valence-electron chi connectivity index (χ0n) is 12.9. The zero-order chi connectivity index (χ0) is 16.7. The van der Waals surface area contributed by atoms with Crippen LogP contribution < -0.4 is 5.73 Å². The van der Waals surface area contributed by atoms with Crippen molar-refractivity contribution in [2.45, 2.75) is 6.54 Å². The molecule has 0 aliphatic carbocycles. The number of fused-ring (bicyclic) bond motifs is 2. The summed E-state index contributed by atoms with van der Waals surface area (Å²) in [6.45, 7) is 0.347. The largest absolute Gasteiger partial charge is 0.467 e. The number of carbonyl (C=O) groups excluding carboxylic acids is 1. The SMILES string of the molecule is COC(=O)c1c(N)n(Cc2ccco2)c2nc3ccccc3nc12. The lowest BCUT2D eigenvalue weighted by Crippen LogP contribution is -2.08. The van der Waals surface area contributed by atoms with Crippen LogP contribution in [-0.4, -0.2) is 27.6 Å². The van der Waals surface area contributed by atoms with Crippen molar-refractivity contribution in [1.29, 1.82) is 0 Å². The van der Waals surface area contributed by atoms with Gasteiger partial charge in [0.15, 0.2) is 5.65 Å². The minimum absolute atomic E-state index is 0.220. The fourth-order valence-electron chi connectivity index (χ4n) is 2.74. The second-order valence-electron chi connectivity index (χ2n) is 5.30. The van der Waals surface area contributed by atoms with Gasteiger partial charge in [0.05, 0.1) is 31.0 Å². The number of rotatable bonds is 3. The van der Waals surface area contributed by atoms with Crippen LogP contribution in [0.15, 0.2) is 47.1 Å². The molecule has 0 radical (unpaired) electrons. The molecule has 0 unspecified atom stereocenters. The van der Waals surface area contributed by atoms with E-state index in [2.05, 4.69) is 9.97 Å². The van der Waals surface area contributed by atoms with E-state index < -0.39 is 5.97 Å². The average molecular weight is 322 g/mol. The van der Waals surface area contributed by atoms with Crippen LogP contribution in [0, 0.1) is 0 Å². The second-order valence-corrected chi connectivity index (χ2v) is 5.30. The second kappa shape index (κ2) is 5.38. The first-order chi connectivity index (χ1) is 11.7. The lowest BCUT2D eigenvalue weighted by Gasteiger charge is -2.05. The van der Waals surface area contributed by atoms with Crippen molar-refractivity contribution in [3.63, 3.8) is 0 Å². The third-order valence-corrected chi connectivity index (χ3v) is 3.88. The van der Waals surface area contributed by atoms with Crippen molar-refractivity contribution in [3.8, 4) is 0 Å². The summed E-state index contributed by atoms with van der Waals surface area (Å²) in [5.74, 6) is 0.411. The molecule has 1 aromatic carbocycles. The molecule has 0 bridgehead atoms. The summed E-state index contributed by atoms with van der Waals surface area (Å²) < 4.78 is 12.0. The maximum atomic E-state index is 12.2. The van der Waals surface area contributed by atoms with E-state index in [9.17, 15) is 4.79 Å². The number of nitrogen functional groups attached to an aromatic ring is 1. The number of nitrogens with two attached hydrogens (primary N) is 1. The summed E-state index contributed by atoms with van der Waals surface area (Å²) in [6.07, 6.45) is 1.58. The van der Waals surface area contributed by atoms with Crippen molar-refractivity contribution in [2.75, 3.05) is 12.8 Å². The summed E-state index contributed by atoms with van der Waals surface area (Å²) in [6, 6.07) is 11.1. The van der Waals surface area contributed by atoms with E-state index in [-0.39, 0.29) is 11.4 Å². The topological polar surface area (TPSA) is 96.2 Å². The third-order valence-electron chi connectivity index (χ3n) is 3.88. The molecule has 0 saturated heterocycles. The van der Waals surface area contributed by atoms with Crippen molar-refractivity contribution in [1.82, 2.24) is 14.5 Å². The van der Waals surface area contributed by atoms with E-state index in [1.165, 1.54) is 7.11 Å². The van der Waals surface area contributed by atoms with Crippen LogP contribution in [0.5, 0.6) is 0 Å². The maximum absolute atomic E-state index is 12.2. The molecule has 3 aromatic heterocycles. The summed E-state index contributed by atoms with van der Waals surface area (Å²) in [5.41, 5.74) is 8.78. The van der Waals surface area contributed by atoms with Crippen LogP contribution in [0.25, 0.3) is 22.2 Å². The van der Waals surface area contributed by atoms with Crippen LogP contribution in [-0.2, 0) is 11.3 Å². The van der Waals surface area contributed by atoms with E-state index in [0.29, 0.717) is 29.0 Å². The number of hydrogen-bond acceptors (Lipinski definition) is 6. The lowest BCUT2D eigenvalue weighted by molar-refractivity contribution is 0.0604. The summed E-state index contributed by atoms with van der Waals surface area (Å²) in [7, 11) is 1.31. The van der Waals surface area contributed by atoms with Gasteiger partial charge in [-0.15, -0.1) is 0 Å².